The van der Waals surface area contributed by atoms with Crippen LogP contribution in [0.15, 0.2) is 109 Å². The topological polar surface area (TPSA) is 64.1 Å². The van der Waals surface area contributed by atoms with E-state index in [0.29, 0.717) is 48.0 Å². The van der Waals surface area contributed by atoms with Gasteiger partial charge in [0.1, 0.15) is 23.9 Å². The molecule has 9 heteroatoms. The summed E-state index contributed by atoms with van der Waals surface area (Å²) in [6, 6.07) is 32.1. The molecule has 7 nitrogen and oxygen atoms in total. The number of rotatable bonds is 12. The number of benzene rings is 4. The fourth-order valence-electron chi connectivity index (χ4n) is 5.83. The molecule has 0 bridgehead atoms. The first-order chi connectivity index (χ1) is 24.7. The van der Waals surface area contributed by atoms with Crippen molar-refractivity contribution < 1.29 is 19.0 Å². The molecular weight excluding hydrogens is 693 g/mol. The van der Waals surface area contributed by atoms with Gasteiger partial charge in [-0.25, -0.2) is 4.98 Å². The molecule has 0 unspecified atom stereocenters. The number of pyridine rings is 1. The van der Waals surface area contributed by atoms with Crippen LogP contribution in [0.25, 0.3) is 6.08 Å². The Morgan fingerprint density at radius 3 is 2.06 bits per heavy atom. The lowest BCUT2D eigenvalue weighted by Crippen LogP contribution is -2.47. The van der Waals surface area contributed by atoms with Gasteiger partial charge in [-0.3, -0.25) is 9.69 Å². The average Bonchev–Trinajstić information content (AvgIpc) is 3.14. The average molecular weight is 739 g/mol. The normalized spacial score (nSPS) is 13.2. The van der Waals surface area contributed by atoms with Gasteiger partial charge < -0.3 is 19.1 Å². The number of piperazine rings is 1. The van der Waals surface area contributed by atoms with Crippen LogP contribution in [0.5, 0.6) is 28.9 Å². The molecule has 0 radical (unpaired) electrons. The van der Waals surface area contributed by atoms with E-state index in [9.17, 15) is 4.79 Å². The Kier molecular flexibility index (Phi) is 13.4. The van der Waals surface area contributed by atoms with Gasteiger partial charge in [0.15, 0.2) is 5.75 Å². The summed E-state index contributed by atoms with van der Waals surface area (Å²) in [7, 11) is 0. The van der Waals surface area contributed by atoms with Gasteiger partial charge in [-0.1, -0.05) is 79.5 Å². The van der Waals surface area contributed by atoms with E-state index in [1.807, 2.05) is 60.4 Å². The zero-order valence-corrected chi connectivity index (χ0v) is 31.6. The summed E-state index contributed by atoms with van der Waals surface area (Å²) < 4.78 is 17.9. The van der Waals surface area contributed by atoms with Crippen LogP contribution in [-0.4, -0.2) is 46.9 Å². The molecule has 0 N–H and O–H groups in total. The fraction of sp³-hybridized carbons (Fsp3) is 0.256. The molecule has 1 saturated heterocycles. The molecule has 4 aromatic carbocycles. The summed E-state index contributed by atoms with van der Waals surface area (Å²) >= 11 is 6.63. The van der Waals surface area contributed by atoms with Gasteiger partial charge in [0, 0.05) is 44.9 Å². The van der Waals surface area contributed by atoms with E-state index in [1.165, 1.54) is 16.7 Å². The van der Waals surface area contributed by atoms with E-state index in [0.717, 1.165) is 47.8 Å². The molecule has 1 aromatic heterocycles. The van der Waals surface area contributed by atoms with Crippen LogP contribution in [0.4, 0.5) is 0 Å². The van der Waals surface area contributed by atoms with E-state index < -0.39 is 0 Å². The Morgan fingerprint density at radius 1 is 0.808 bits per heavy atom. The fourth-order valence-corrected chi connectivity index (χ4v) is 6.14. The van der Waals surface area contributed by atoms with Crippen LogP contribution in [0.2, 0.25) is 5.02 Å². The van der Waals surface area contributed by atoms with Gasteiger partial charge in [0.05, 0.1) is 11.2 Å². The minimum absolute atomic E-state index is 0. The summed E-state index contributed by atoms with van der Waals surface area (Å²) in [5, 5.41) is 0.442. The predicted molar refractivity (Wildman–Crippen MR) is 211 cm³/mol. The van der Waals surface area contributed by atoms with Gasteiger partial charge >= 0.3 is 0 Å². The monoisotopic (exact) mass is 737 g/mol. The molecule has 0 spiro atoms. The molecule has 1 aliphatic rings. The van der Waals surface area contributed by atoms with E-state index in [-0.39, 0.29) is 18.3 Å². The molecule has 2 heterocycles. The highest BCUT2D eigenvalue weighted by molar-refractivity contribution is 6.32. The Balaban J connectivity index is 0.00000523. The molecule has 0 atom stereocenters. The third-order valence-electron chi connectivity index (χ3n) is 8.91. The van der Waals surface area contributed by atoms with Gasteiger partial charge in [-0.05, 0) is 96.1 Å². The number of aromatic nitrogens is 1. The number of carbonyl (C=O) groups is 1. The summed E-state index contributed by atoms with van der Waals surface area (Å²) in [6.07, 6.45) is 5.06. The molecule has 1 aliphatic heterocycles. The minimum atomic E-state index is -0.0134. The third-order valence-corrected chi connectivity index (χ3v) is 9.19. The Bertz CT molecular complexity index is 1910. The second-order valence-corrected chi connectivity index (χ2v) is 13.7. The number of carbonyl (C=O) groups excluding carboxylic acids is 1. The first kappa shape index (κ1) is 38.4. The van der Waals surface area contributed by atoms with Crippen LogP contribution < -0.4 is 14.2 Å². The standard InChI is InChI=1S/C43H44ClN3O4.ClH/c1-30(2)36-12-16-38(17-13-36)50-37-14-9-33(10-15-37)28-46-21-23-47(24-22-46)42(48)20-11-35-25-32(4)43(40(44)26-35)51-41-19-18-39(27-45-41)49-29-34-7-5-31(3)6-8-34;/h5-20,25-27,30H,21-24,28-29H2,1-4H3;1H/b20-11+;. The molecule has 52 heavy (non-hydrogen) atoms. The van der Waals surface area contributed by atoms with Crippen LogP contribution in [0.1, 0.15) is 53.1 Å². The number of nitrogens with zero attached hydrogens (tertiary/aromatic N) is 3. The van der Waals surface area contributed by atoms with Crippen molar-refractivity contribution in [2.24, 2.45) is 0 Å². The summed E-state index contributed by atoms with van der Waals surface area (Å²) in [4.78, 5) is 21.7. The molecule has 0 saturated carbocycles. The van der Waals surface area contributed by atoms with E-state index in [2.05, 4.69) is 67.1 Å². The molecule has 270 valence electrons. The van der Waals surface area contributed by atoms with Crippen molar-refractivity contribution in [1.82, 2.24) is 14.8 Å². The van der Waals surface area contributed by atoms with Crippen LogP contribution in [0.3, 0.4) is 0 Å². The Hall–Kier alpha value is -4.82. The largest absolute Gasteiger partial charge is 0.487 e. The number of halogens is 2. The zero-order valence-electron chi connectivity index (χ0n) is 30.1. The van der Waals surface area contributed by atoms with Gasteiger partial charge in [-0.2, -0.15) is 0 Å². The van der Waals surface area contributed by atoms with Gasteiger partial charge in [0.2, 0.25) is 11.8 Å². The van der Waals surface area contributed by atoms with E-state index in [4.69, 9.17) is 25.8 Å². The second-order valence-electron chi connectivity index (χ2n) is 13.3. The summed E-state index contributed by atoms with van der Waals surface area (Å²) in [5.41, 5.74) is 6.47. The minimum Gasteiger partial charge on any atom is -0.487 e. The van der Waals surface area contributed by atoms with Crippen molar-refractivity contribution in [3.05, 3.63) is 148 Å². The number of hydrogen-bond acceptors (Lipinski definition) is 6. The first-order valence-electron chi connectivity index (χ1n) is 17.4. The van der Waals surface area contributed by atoms with Gasteiger partial charge in [-0.15, -0.1) is 12.4 Å². The van der Waals surface area contributed by atoms with Crippen molar-refractivity contribution in [3.8, 4) is 28.9 Å². The Morgan fingerprint density at radius 2 is 1.44 bits per heavy atom. The molecular formula is C43H45Cl2N3O4. The quantitative estimate of drug-likeness (QED) is 0.119. The molecule has 6 rings (SSSR count). The first-order valence-corrected chi connectivity index (χ1v) is 17.7. The van der Waals surface area contributed by atoms with E-state index >= 15 is 0 Å². The highest BCUT2D eigenvalue weighted by atomic mass is 35.5. The lowest BCUT2D eigenvalue weighted by Gasteiger charge is -2.34. The SMILES string of the molecule is Cc1ccc(COc2ccc(Oc3c(C)cc(/C=C/C(=O)N4CCN(Cc5ccc(Oc6ccc(C(C)C)cc6)cc5)CC4)cc3Cl)nc2)cc1.Cl. The van der Waals surface area contributed by atoms with Gasteiger partial charge in [0.25, 0.3) is 0 Å². The smallest absolute Gasteiger partial charge is 0.246 e. The number of amides is 1. The predicted octanol–water partition coefficient (Wildman–Crippen LogP) is 10.4. The van der Waals surface area contributed by atoms with Crippen molar-refractivity contribution in [2.45, 2.75) is 46.8 Å². The highest BCUT2D eigenvalue weighted by Crippen LogP contribution is 2.34. The highest BCUT2D eigenvalue weighted by Gasteiger charge is 2.20. The third kappa shape index (κ3) is 10.6. The summed E-state index contributed by atoms with van der Waals surface area (Å²) in [5.74, 6) is 3.72. The maximum Gasteiger partial charge on any atom is 0.246 e. The van der Waals surface area contributed by atoms with E-state index in [1.54, 1.807) is 30.5 Å². The maximum atomic E-state index is 13.1. The van der Waals surface area contributed by atoms with Crippen molar-refractivity contribution >= 4 is 36.0 Å². The molecule has 1 fully saturated rings. The molecule has 5 aromatic rings. The Labute approximate surface area is 318 Å². The molecule has 1 amide bonds. The number of hydrogen-bond donors (Lipinski definition) is 0. The van der Waals surface area contributed by atoms with Crippen molar-refractivity contribution in [3.63, 3.8) is 0 Å². The summed E-state index contributed by atoms with van der Waals surface area (Å²) in [6.45, 7) is 12.6. The molecule has 0 aliphatic carbocycles. The van der Waals surface area contributed by atoms with Crippen LogP contribution >= 0.6 is 24.0 Å². The van der Waals surface area contributed by atoms with Crippen molar-refractivity contribution in [2.75, 3.05) is 26.2 Å². The van der Waals surface area contributed by atoms with Crippen molar-refractivity contribution in [1.29, 1.82) is 0 Å². The van der Waals surface area contributed by atoms with Crippen LogP contribution in [0, 0.1) is 13.8 Å². The zero-order chi connectivity index (χ0) is 35.7. The lowest BCUT2D eigenvalue weighted by molar-refractivity contribution is -0.127. The maximum absolute atomic E-state index is 13.1. The second kappa shape index (κ2) is 18.1. The van der Waals surface area contributed by atoms with Crippen LogP contribution in [-0.2, 0) is 17.9 Å². The number of ether oxygens (including phenoxy) is 3. The number of aryl methyl sites for hydroxylation is 2. The lowest BCUT2D eigenvalue weighted by atomic mass is 10.0.